The zero-order valence-corrected chi connectivity index (χ0v) is 18.2. The Hall–Kier alpha value is -2.78. The molecule has 1 N–H and O–H groups in total. The van der Waals surface area contributed by atoms with Gasteiger partial charge in [0.1, 0.15) is 5.75 Å². The molecule has 0 bridgehead atoms. The topological polar surface area (TPSA) is 94.2 Å². The highest BCUT2D eigenvalue weighted by Gasteiger charge is 2.32. The molecule has 2 heterocycles. The first-order chi connectivity index (χ1) is 14.9. The first-order valence-electron chi connectivity index (χ1n) is 10.2. The minimum Gasteiger partial charge on any atom is -0.497 e. The molecule has 1 amide bonds. The molecular weight excluding hydrogens is 420 g/mol. The van der Waals surface area contributed by atoms with Crippen LogP contribution in [0.15, 0.2) is 42.5 Å². The van der Waals surface area contributed by atoms with Crippen molar-refractivity contribution in [3.8, 4) is 17.2 Å². The van der Waals surface area contributed by atoms with Gasteiger partial charge in [-0.15, -0.1) is 0 Å². The van der Waals surface area contributed by atoms with E-state index in [1.807, 2.05) is 24.3 Å². The standard InChI is InChI=1S/C22H26N2O6S/c1-28-19-5-2-16(3-6-19)13-24(18-9-11-31(26,27)14-18)10-8-22(25)23-17-4-7-20-21(12-17)30-15-29-20/h2-7,12,18H,8-11,13-15H2,1H3,(H,23,25). The first kappa shape index (κ1) is 21.5. The number of hydrogen-bond donors (Lipinski definition) is 1. The lowest BCUT2D eigenvalue weighted by Gasteiger charge is -2.28. The Labute approximate surface area is 182 Å². The Morgan fingerprint density at radius 2 is 1.94 bits per heavy atom. The minimum atomic E-state index is -3.02. The summed E-state index contributed by atoms with van der Waals surface area (Å²) in [5.41, 5.74) is 1.68. The summed E-state index contributed by atoms with van der Waals surface area (Å²) < 4.78 is 39.8. The molecule has 1 unspecified atom stereocenters. The van der Waals surface area contributed by atoms with Crippen molar-refractivity contribution in [3.63, 3.8) is 0 Å². The van der Waals surface area contributed by atoms with Crippen LogP contribution >= 0.6 is 0 Å². The predicted molar refractivity (Wildman–Crippen MR) is 116 cm³/mol. The first-order valence-corrected chi connectivity index (χ1v) is 12.0. The maximum absolute atomic E-state index is 12.6. The fourth-order valence-corrected chi connectivity index (χ4v) is 5.62. The van der Waals surface area contributed by atoms with E-state index in [-0.39, 0.29) is 36.7 Å². The summed E-state index contributed by atoms with van der Waals surface area (Å²) >= 11 is 0. The van der Waals surface area contributed by atoms with Crippen molar-refractivity contribution < 1.29 is 27.4 Å². The molecule has 0 aliphatic carbocycles. The molecule has 2 aromatic carbocycles. The van der Waals surface area contributed by atoms with Gasteiger partial charge >= 0.3 is 0 Å². The summed E-state index contributed by atoms with van der Waals surface area (Å²) in [7, 11) is -1.41. The Balaban J connectivity index is 1.39. The summed E-state index contributed by atoms with van der Waals surface area (Å²) in [4.78, 5) is 14.6. The van der Waals surface area contributed by atoms with Gasteiger partial charge in [-0.1, -0.05) is 12.1 Å². The van der Waals surface area contributed by atoms with Gasteiger partial charge in [0.2, 0.25) is 12.7 Å². The van der Waals surface area contributed by atoms with Gasteiger partial charge in [-0.2, -0.15) is 0 Å². The normalized spacial score (nSPS) is 18.8. The zero-order chi connectivity index (χ0) is 21.8. The number of rotatable bonds is 8. The van der Waals surface area contributed by atoms with Crippen LogP contribution in [0, 0.1) is 0 Å². The van der Waals surface area contributed by atoms with E-state index in [0.29, 0.717) is 36.7 Å². The summed E-state index contributed by atoms with van der Waals surface area (Å²) in [5, 5.41) is 2.88. The molecule has 2 aliphatic heterocycles. The lowest BCUT2D eigenvalue weighted by atomic mass is 10.1. The van der Waals surface area contributed by atoms with Crippen molar-refractivity contribution in [2.45, 2.75) is 25.4 Å². The highest BCUT2D eigenvalue weighted by atomic mass is 32.2. The molecule has 1 saturated heterocycles. The molecule has 31 heavy (non-hydrogen) atoms. The van der Waals surface area contributed by atoms with Crippen LogP contribution < -0.4 is 19.5 Å². The van der Waals surface area contributed by atoms with Gasteiger partial charge < -0.3 is 19.5 Å². The molecule has 9 heteroatoms. The van der Waals surface area contributed by atoms with Crippen LogP contribution in [0.3, 0.4) is 0 Å². The summed E-state index contributed by atoms with van der Waals surface area (Å²) in [5.74, 6) is 2.22. The van der Waals surface area contributed by atoms with Crippen LogP contribution in [-0.2, 0) is 21.2 Å². The molecule has 0 radical (unpaired) electrons. The highest BCUT2D eigenvalue weighted by molar-refractivity contribution is 7.91. The van der Waals surface area contributed by atoms with Crippen LogP contribution in [-0.4, -0.2) is 57.2 Å². The molecule has 0 spiro atoms. The second kappa shape index (κ2) is 9.15. The van der Waals surface area contributed by atoms with Crippen molar-refractivity contribution in [2.24, 2.45) is 0 Å². The van der Waals surface area contributed by atoms with E-state index in [1.165, 1.54) is 0 Å². The van der Waals surface area contributed by atoms with E-state index in [4.69, 9.17) is 14.2 Å². The Bertz CT molecular complexity index is 1040. The Morgan fingerprint density at radius 3 is 2.65 bits per heavy atom. The molecule has 0 saturated carbocycles. The zero-order valence-electron chi connectivity index (χ0n) is 17.4. The van der Waals surface area contributed by atoms with E-state index < -0.39 is 9.84 Å². The van der Waals surface area contributed by atoms with E-state index in [9.17, 15) is 13.2 Å². The van der Waals surface area contributed by atoms with Crippen molar-refractivity contribution in [2.75, 3.05) is 37.3 Å². The summed E-state index contributed by atoms with van der Waals surface area (Å²) in [6, 6.07) is 12.9. The van der Waals surface area contributed by atoms with Gasteiger partial charge in [0.05, 0.1) is 18.6 Å². The van der Waals surface area contributed by atoms with Gasteiger partial charge in [-0.05, 0) is 36.2 Å². The third-order valence-corrected chi connectivity index (χ3v) is 7.30. The molecule has 4 rings (SSSR count). The lowest BCUT2D eigenvalue weighted by Crippen LogP contribution is -2.37. The van der Waals surface area contributed by atoms with Crippen LogP contribution in [0.25, 0.3) is 0 Å². The Kier molecular flexibility index (Phi) is 6.33. The largest absolute Gasteiger partial charge is 0.497 e. The molecule has 1 atom stereocenters. The van der Waals surface area contributed by atoms with Gasteiger partial charge in [0.25, 0.3) is 0 Å². The average Bonchev–Trinajstić information content (AvgIpc) is 3.37. The maximum Gasteiger partial charge on any atom is 0.231 e. The minimum absolute atomic E-state index is 0.0922. The number of nitrogens with one attached hydrogen (secondary N) is 1. The van der Waals surface area contributed by atoms with Gasteiger partial charge in [-0.3, -0.25) is 9.69 Å². The lowest BCUT2D eigenvalue weighted by molar-refractivity contribution is -0.116. The van der Waals surface area contributed by atoms with E-state index >= 15 is 0 Å². The fraction of sp³-hybridized carbons (Fsp3) is 0.409. The second-order valence-electron chi connectivity index (χ2n) is 7.74. The molecule has 166 valence electrons. The van der Waals surface area contributed by atoms with Crippen LogP contribution in [0.4, 0.5) is 5.69 Å². The number of amides is 1. The molecule has 1 fully saturated rings. The number of fused-ring (bicyclic) bond motifs is 1. The summed E-state index contributed by atoms with van der Waals surface area (Å²) in [6.45, 7) is 1.21. The number of ether oxygens (including phenoxy) is 3. The summed E-state index contributed by atoms with van der Waals surface area (Å²) in [6.07, 6.45) is 0.837. The second-order valence-corrected chi connectivity index (χ2v) is 9.97. The number of sulfone groups is 1. The molecule has 0 aromatic heterocycles. The Morgan fingerprint density at radius 1 is 1.16 bits per heavy atom. The van der Waals surface area contributed by atoms with Gasteiger partial charge in [-0.25, -0.2) is 8.42 Å². The number of methoxy groups -OCH3 is 1. The SMILES string of the molecule is COc1ccc(CN(CCC(=O)Nc2ccc3c(c2)OCO3)C2CCS(=O)(=O)C2)cc1. The molecule has 2 aromatic rings. The van der Waals surface area contributed by atoms with E-state index in [2.05, 4.69) is 10.2 Å². The number of hydrogen-bond acceptors (Lipinski definition) is 7. The number of carbonyl (C=O) groups excluding carboxylic acids is 1. The monoisotopic (exact) mass is 446 g/mol. The van der Waals surface area contributed by atoms with Crippen LogP contribution in [0.2, 0.25) is 0 Å². The van der Waals surface area contributed by atoms with Crippen molar-refractivity contribution in [1.29, 1.82) is 0 Å². The predicted octanol–water partition coefficient (Wildman–Crippen LogP) is 2.44. The number of anilines is 1. The van der Waals surface area contributed by atoms with Crippen LogP contribution in [0.5, 0.6) is 17.2 Å². The number of nitrogens with zero attached hydrogens (tertiary/aromatic N) is 1. The third-order valence-electron chi connectivity index (χ3n) is 5.55. The quantitative estimate of drug-likeness (QED) is 0.666. The smallest absolute Gasteiger partial charge is 0.231 e. The average molecular weight is 447 g/mol. The van der Waals surface area contributed by atoms with Gasteiger partial charge in [0, 0.05) is 37.3 Å². The van der Waals surface area contributed by atoms with Crippen molar-refractivity contribution >= 4 is 21.4 Å². The molecule has 2 aliphatic rings. The van der Waals surface area contributed by atoms with Gasteiger partial charge in [0.15, 0.2) is 21.3 Å². The molecular formula is C22H26N2O6S. The van der Waals surface area contributed by atoms with Crippen molar-refractivity contribution in [1.82, 2.24) is 4.90 Å². The fourth-order valence-electron chi connectivity index (χ4n) is 3.86. The van der Waals surface area contributed by atoms with E-state index in [0.717, 1.165) is 11.3 Å². The van der Waals surface area contributed by atoms with E-state index in [1.54, 1.807) is 25.3 Å². The van der Waals surface area contributed by atoms with Crippen molar-refractivity contribution in [3.05, 3.63) is 48.0 Å². The maximum atomic E-state index is 12.6. The van der Waals surface area contributed by atoms with Crippen LogP contribution in [0.1, 0.15) is 18.4 Å². The molecule has 8 nitrogen and oxygen atoms in total. The highest BCUT2D eigenvalue weighted by Crippen LogP contribution is 2.34. The third kappa shape index (κ3) is 5.48. The number of benzene rings is 2. The number of carbonyl (C=O) groups is 1.